The van der Waals surface area contributed by atoms with E-state index in [1.54, 1.807) is 7.11 Å². The molecule has 1 unspecified atom stereocenters. The van der Waals surface area contributed by atoms with Crippen LogP contribution in [0.15, 0.2) is 28.7 Å². The third kappa shape index (κ3) is 5.94. The molecule has 20 heavy (non-hydrogen) atoms. The molecule has 1 saturated carbocycles. The molecule has 2 rings (SSSR count). The fraction of sp³-hybridized carbons (Fsp3) is 0.647. The lowest BCUT2D eigenvalue weighted by atomic mass is 9.94. The van der Waals surface area contributed by atoms with E-state index in [2.05, 4.69) is 45.5 Å². The highest BCUT2D eigenvalue weighted by molar-refractivity contribution is 9.10. The Bertz CT molecular complexity index is 392. The van der Waals surface area contributed by atoms with Gasteiger partial charge < -0.3 is 10.1 Å². The standard InChI is InChI=1S/C17H26BrNO/c1-20-11-5-4-6-14(13-19-16-9-10-16)12-15-7-2-3-8-17(15)18/h2-3,7-8,14,16,19H,4-6,9-13H2,1H3. The summed E-state index contributed by atoms with van der Waals surface area (Å²) in [7, 11) is 1.78. The van der Waals surface area contributed by atoms with Gasteiger partial charge in [-0.3, -0.25) is 0 Å². The van der Waals surface area contributed by atoms with Gasteiger partial charge in [0.25, 0.3) is 0 Å². The third-order valence-electron chi connectivity index (χ3n) is 3.95. The lowest BCUT2D eigenvalue weighted by molar-refractivity contribution is 0.190. The molecule has 0 saturated heterocycles. The SMILES string of the molecule is COCCCCC(CNC1CC1)Cc1ccccc1Br. The van der Waals surface area contributed by atoms with E-state index in [4.69, 9.17) is 4.74 Å². The molecule has 0 spiro atoms. The Balaban J connectivity index is 1.81. The van der Waals surface area contributed by atoms with Crippen LogP contribution in [0.25, 0.3) is 0 Å². The summed E-state index contributed by atoms with van der Waals surface area (Å²) in [6, 6.07) is 9.41. The normalized spacial score (nSPS) is 16.3. The van der Waals surface area contributed by atoms with Crippen molar-refractivity contribution in [2.75, 3.05) is 20.3 Å². The zero-order valence-corrected chi connectivity index (χ0v) is 14.0. The van der Waals surface area contributed by atoms with E-state index in [1.807, 2.05) is 0 Å². The summed E-state index contributed by atoms with van der Waals surface area (Å²) in [5.74, 6) is 0.728. The van der Waals surface area contributed by atoms with Crippen molar-refractivity contribution in [2.45, 2.75) is 44.6 Å². The molecular weight excluding hydrogens is 314 g/mol. The zero-order chi connectivity index (χ0) is 14.2. The zero-order valence-electron chi connectivity index (χ0n) is 12.4. The molecule has 1 aromatic rings. The van der Waals surface area contributed by atoms with Gasteiger partial charge >= 0.3 is 0 Å². The minimum atomic E-state index is 0.728. The molecule has 0 aromatic heterocycles. The summed E-state index contributed by atoms with van der Waals surface area (Å²) in [5.41, 5.74) is 1.43. The second kappa shape index (κ2) is 8.81. The number of ether oxygens (including phenoxy) is 1. The van der Waals surface area contributed by atoms with Crippen molar-refractivity contribution in [3.05, 3.63) is 34.3 Å². The number of rotatable bonds is 10. The van der Waals surface area contributed by atoms with E-state index in [-0.39, 0.29) is 0 Å². The molecule has 0 radical (unpaired) electrons. The Morgan fingerprint density at radius 1 is 1.30 bits per heavy atom. The van der Waals surface area contributed by atoms with E-state index in [0.29, 0.717) is 0 Å². The van der Waals surface area contributed by atoms with Gasteiger partial charge in [-0.25, -0.2) is 0 Å². The first-order valence-electron chi connectivity index (χ1n) is 7.75. The number of halogens is 1. The molecule has 0 aliphatic heterocycles. The maximum Gasteiger partial charge on any atom is 0.0462 e. The molecule has 2 nitrogen and oxygen atoms in total. The average Bonchev–Trinajstić information content (AvgIpc) is 3.27. The fourth-order valence-electron chi connectivity index (χ4n) is 2.55. The summed E-state index contributed by atoms with van der Waals surface area (Å²) < 4.78 is 6.39. The monoisotopic (exact) mass is 339 g/mol. The van der Waals surface area contributed by atoms with E-state index in [0.717, 1.165) is 31.5 Å². The number of benzene rings is 1. The average molecular weight is 340 g/mol. The van der Waals surface area contributed by atoms with Gasteiger partial charge in [0.05, 0.1) is 0 Å². The number of unbranched alkanes of at least 4 members (excludes halogenated alkanes) is 1. The largest absolute Gasteiger partial charge is 0.385 e. The molecule has 1 fully saturated rings. The number of hydrogen-bond donors (Lipinski definition) is 1. The molecule has 0 bridgehead atoms. The predicted molar refractivity (Wildman–Crippen MR) is 88.1 cm³/mol. The highest BCUT2D eigenvalue weighted by Crippen LogP contribution is 2.24. The fourth-order valence-corrected chi connectivity index (χ4v) is 3.00. The molecule has 0 heterocycles. The van der Waals surface area contributed by atoms with E-state index in [1.165, 1.54) is 42.1 Å². The molecular formula is C17H26BrNO. The van der Waals surface area contributed by atoms with Crippen LogP contribution in [-0.2, 0) is 11.2 Å². The van der Waals surface area contributed by atoms with Crippen LogP contribution in [0.4, 0.5) is 0 Å². The highest BCUT2D eigenvalue weighted by atomic mass is 79.9. The highest BCUT2D eigenvalue weighted by Gasteiger charge is 2.22. The van der Waals surface area contributed by atoms with Crippen molar-refractivity contribution in [3.8, 4) is 0 Å². The number of methoxy groups -OCH3 is 1. The maximum atomic E-state index is 5.15. The van der Waals surface area contributed by atoms with Gasteiger partial charge in [-0.05, 0) is 56.2 Å². The van der Waals surface area contributed by atoms with E-state index in [9.17, 15) is 0 Å². The Kier molecular flexibility index (Phi) is 7.05. The van der Waals surface area contributed by atoms with Gasteiger partial charge in [-0.1, -0.05) is 40.5 Å². The van der Waals surface area contributed by atoms with Crippen molar-refractivity contribution < 1.29 is 4.74 Å². The van der Waals surface area contributed by atoms with Crippen LogP contribution in [0.1, 0.15) is 37.7 Å². The van der Waals surface area contributed by atoms with Crippen LogP contribution in [0.3, 0.4) is 0 Å². The molecule has 1 aliphatic carbocycles. The molecule has 1 aliphatic rings. The lowest BCUT2D eigenvalue weighted by Crippen LogP contribution is -2.26. The second-order valence-electron chi connectivity index (χ2n) is 5.83. The van der Waals surface area contributed by atoms with Crippen LogP contribution < -0.4 is 5.32 Å². The van der Waals surface area contributed by atoms with Crippen molar-refractivity contribution in [1.82, 2.24) is 5.32 Å². The molecule has 112 valence electrons. The van der Waals surface area contributed by atoms with Crippen LogP contribution in [0, 0.1) is 5.92 Å². The van der Waals surface area contributed by atoms with Gasteiger partial charge in [0.1, 0.15) is 0 Å². The predicted octanol–water partition coefficient (Wildman–Crippen LogP) is 4.18. The molecule has 1 aromatic carbocycles. The molecule has 3 heteroatoms. The summed E-state index contributed by atoms with van der Waals surface area (Å²) in [5, 5.41) is 3.69. The van der Waals surface area contributed by atoms with Crippen molar-refractivity contribution >= 4 is 15.9 Å². The topological polar surface area (TPSA) is 21.3 Å². The van der Waals surface area contributed by atoms with Gasteiger partial charge in [0.15, 0.2) is 0 Å². The third-order valence-corrected chi connectivity index (χ3v) is 4.72. The van der Waals surface area contributed by atoms with Crippen molar-refractivity contribution in [2.24, 2.45) is 5.92 Å². The molecule has 0 amide bonds. The summed E-state index contributed by atoms with van der Waals surface area (Å²) in [4.78, 5) is 0. The lowest BCUT2D eigenvalue weighted by Gasteiger charge is -2.18. The van der Waals surface area contributed by atoms with E-state index >= 15 is 0 Å². The minimum absolute atomic E-state index is 0.728. The summed E-state index contributed by atoms with van der Waals surface area (Å²) >= 11 is 3.67. The first-order chi connectivity index (χ1) is 9.79. The Morgan fingerprint density at radius 3 is 2.80 bits per heavy atom. The number of hydrogen-bond acceptors (Lipinski definition) is 2. The van der Waals surface area contributed by atoms with Gasteiger partial charge in [-0.15, -0.1) is 0 Å². The first kappa shape index (κ1) is 16.0. The summed E-state index contributed by atoms with van der Waals surface area (Å²) in [6.07, 6.45) is 7.61. The van der Waals surface area contributed by atoms with Crippen LogP contribution in [0.5, 0.6) is 0 Å². The Morgan fingerprint density at radius 2 is 2.10 bits per heavy atom. The van der Waals surface area contributed by atoms with Gasteiger partial charge in [-0.2, -0.15) is 0 Å². The van der Waals surface area contributed by atoms with E-state index < -0.39 is 0 Å². The van der Waals surface area contributed by atoms with Gasteiger partial charge in [0, 0.05) is 24.2 Å². The minimum Gasteiger partial charge on any atom is -0.385 e. The number of nitrogens with one attached hydrogen (secondary N) is 1. The van der Waals surface area contributed by atoms with Crippen LogP contribution >= 0.6 is 15.9 Å². The van der Waals surface area contributed by atoms with Crippen LogP contribution in [-0.4, -0.2) is 26.3 Å². The molecule has 1 N–H and O–H groups in total. The van der Waals surface area contributed by atoms with Crippen molar-refractivity contribution in [3.63, 3.8) is 0 Å². The first-order valence-corrected chi connectivity index (χ1v) is 8.54. The van der Waals surface area contributed by atoms with Gasteiger partial charge in [0.2, 0.25) is 0 Å². The summed E-state index contributed by atoms with van der Waals surface area (Å²) in [6.45, 7) is 2.04. The quantitative estimate of drug-likeness (QED) is 0.645. The van der Waals surface area contributed by atoms with Crippen LogP contribution in [0.2, 0.25) is 0 Å². The molecule has 1 atom stereocenters. The second-order valence-corrected chi connectivity index (χ2v) is 6.69. The Hall–Kier alpha value is -0.380. The maximum absolute atomic E-state index is 5.15. The van der Waals surface area contributed by atoms with Crippen molar-refractivity contribution in [1.29, 1.82) is 0 Å². The smallest absolute Gasteiger partial charge is 0.0462 e. The Labute approximate surface area is 131 Å².